The molecule has 0 radical (unpaired) electrons. The molecule has 0 fully saturated rings. The van der Waals surface area contributed by atoms with Crippen molar-refractivity contribution in [1.82, 2.24) is 9.55 Å². The number of halogens is 1. The highest BCUT2D eigenvalue weighted by Crippen LogP contribution is 2.25. The Labute approximate surface area is 100.0 Å². The molecule has 0 aliphatic rings. The SMILES string of the molecule is CCOc1cccc2c1nc(CCCl)n2C. The minimum absolute atomic E-state index is 0.584. The topological polar surface area (TPSA) is 27.1 Å². The van der Waals surface area contributed by atoms with Crippen LogP contribution in [0.25, 0.3) is 11.0 Å². The average molecular weight is 239 g/mol. The Morgan fingerprint density at radius 3 is 2.94 bits per heavy atom. The van der Waals surface area contributed by atoms with E-state index in [0.29, 0.717) is 12.5 Å². The van der Waals surface area contributed by atoms with Gasteiger partial charge in [-0.1, -0.05) is 6.07 Å². The van der Waals surface area contributed by atoms with Gasteiger partial charge < -0.3 is 9.30 Å². The number of aromatic nitrogens is 2. The fourth-order valence-corrected chi connectivity index (χ4v) is 1.99. The third kappa shape index (κ3) is 1.87. The van der Waals surface area contributed by atoms with Crippen molar-refractivity contribution in [1.29, 1.82) is 0 Å². The van der Waals surface area contributed by atoms with Crippen LogP contribution >= 0.6 is 11.6 Å². The molecule has 2 rings (SSSR count). The molecule has 0 unspecified atom stereocenters. The summed E-state index contributed by atoms with van der Waals surface area (Å²) in [5.41, 5.74) is 2.01. The molecule has 16 heavy (non-hydrogen) atoms. The van der Waals surface area contributed by atoms with E-state index >= 15 is 0 Å². The molecular formula is C12H15ClN2O. The van der Waals surface area contributed by atoms with Crippen molar-refractivity contribution in [2.45, 2.75) is 13.3 Å². The van der Waals surface area contributed by atoms with E-state index in [1.807, 2.05) is 32.2 Å². The Balaban J connectivity index is 2.56. The minimum atomic E-state index is 0.584. The van der Waals surface area contributed by atoms with Gasteiger partial charge in [-0.3, -0.25) is 0 Å². The molecule has 3 nitrogen and oxygen atoms in total. The summed E-state index contributed by atoms with van der Waals surface area (Å²) in [4.78, 5) is 4.57. The smallest absolute Gasteiger partial charge is 0.147 e. The van der Waals surface area contributed by atoms with Crippen LogP contribution in [0.15, 0.2) is 18.2 Å². The van der Waals surface area contributed by atoms with E-state index in [2.05, 4.69) is 9.55 Å². The first kappa shape index (κ1) is 11.3. The Kier molecular flexibility index (Phi) is 3.34. The maximum atomic E-state index is 5.75. The second kappa shape index (κ2) is 4.74. The van der Waals surface area contributed by atoms with Crippen molar-refractivity contribution >= 4 is 22.6 Å². The number of rotatable bonds is 4. The predicted molar refractivity (Wildman–Crippen MR) is 66.3 cm³/mol. The van der Waals surface area contributed by atoms with Crippen molar-refractivity contribution < 1.29 is 4.74 Å². The molecule has 86 valence electrons. The maximum Gasteiger partial charge on any atom is 0.147 e. The number of benzene rings is 1. The first-order valence-corrected chi connectivity index (χ1v) is 5.94. The van der Waals surface area contributed by atoms with E-state index in [-0.39, 0.29) is 0 Å². The number of nitrogens with zero attached hydrogens (tertiary/aromatic N) is 2. The molecule has 0 N–H and O–H groups in total. The molecule has 0 amide bonds. The summed E-state index contributed by atoms with van der Waals surface area (Å²) in [6.07, 6.45) is 0.776. The number of hydrogen-bond acceptors (Lipinski definition) is 2. The van der Waals surface area contributed by atoms with Gasteiger partial charge in [0.25, 0.3) is 0 Å². The molecule has 0 aliphatic heterocycles. The Hall–Kier alpha value is -1.22. The number of imidazole rings is 1. The summed E-state index contributed by atoms with van der Waals surface area (Å²) in [5.74, 6) is 2.43. The lowest BCUT2D eigenvalue weighted by atomic mass is 10.3. The van der Waals surface area contributed by atoms with Crippen LogP contribution in [0, 0.1) is 0 Å². The van der Waals surface area contributed by atoms with Gasteiger partial charge >= 0.3 is 0 Å². The van der Waals surface area contributed by atoms with Crippen molar-refractivity contribution in [3.8, 4) is 5.75 Å². The van der Waals surface area contributed by atoms with Crippen LogP contribution in [-0.2, 0) is 13.5 Å². The highest BCUT2D eigenvalue weighted by Gasteiger charge is 2.10. The summed E-state index contributed by atoms with van der Waals surface area (Å²) < 4.78 is 7.63. The van der Waals surface area contributed by atoms with Crippen LogP contribution in [0.2, 0.25) is 0 Å². The van der Waals surface area contributed by atoms with Crippen molar-refractivity contribution in [3.63, 3.8) is 0 Å². The van der Waals surface area contributed by atoms with E-state index in [0.717, 1.165) is 29.0 Å². The number of aryl methyl sites for hydroxylation is 2. The van der Waals surface area contributed by atoms with E-state index in [1.54, 1.807) is 0 Å². The van der Waals surface area contributed by atoms with Gasteiger partial charge in [-0.15, -0.1) is 11.6 Å². The summed E-state index contributed by atoms with van der Waals surface area (Å²) in [6.45, 7) is 2.63. The highest BCUT2D eigenvalue weighted by atomic mass is 35.5. The molecule has 0 saturated heterocycles. The molecule has 4 heteroatoms. The van der Waals surface area contributed by atoms with E-state index in [1.165, 1.54) is 0 Å². The van der Waals surface area contributed by atoms with Gasteiger partial charge in [-0.05, 0) is 19.1 Å². The molecule has 1 aromatic heterocycles. The van der Waals surface area contributed by atoms with Crippen molar-refractivity contribution in [3.05, 3.63) is 24.0 Å². The van der Waals surface area contributed by atoms with Crippen LogP contribution in [0.5, 0.6) is 5.75 Å². The largest absolute Gasteiger partial charge is 0.492 e. The lowest BCUT2D eigenvalue weighted by Gasteiger charge is -2.03. The van der Waals surface area contributed by atoms with Gasteiger partial charge in [0.2, 0.25) is 0 Å². The standard InChI is InChI=1S/C12H15ClN2O/c1-3-16-10-6-4-5-9-12(10)14-11(7-8-13)15(9)2/h4-6H,3,7-8H2,1-2H3. The number of ether oxygens (including phenoxy) is 1. The quantitative estimate of drug-likeness (QED) is 0.766. The van der Waals surface area contributed by atoms with Gasteiger partial charge in [-0.2, -0.15) is 0 Å². The summed E-state index contributed by atoms with van der Waals surface area (Å²) in [6, 6.07) is 5.98. The number of hydrogen-bond donors (Lipinski definition) is 0. The normalized spacial score (nSPS) is 10.9. The average Bonchev–Trinajstić information content (AvgIpc) is 2.59. The van der Waals surface area contributed by atoms with Gasteiger partial charge in [0.1, 0.15) is 17.1 Å². The number of alkyl halides is 1. The lowest BCUT2D eigenvalue weighted by molar-refractivity contribution is 0.343. The van der Waals surface area contributed by atoms with Gasteiger partial charge in [-0.25, -0.2) is 4.98 Å². The van der Waals surface area contributed by atoms with Gasteiger partial charge in [0, 0.05) is 19.3 Å². The first-order valence-electron chi connectivity index (χ1n) is 5.41. The molecule has 2 aromatic rings. The van der Waals surface area contributed by atoms with Crippen molar-refractivity contribution in [2.75, 3.05) is 12.5 Å². The van der Waals surface area contributed by atoms with Crippen LogP contribution in [0.1, 0.15) is 12.7 Å². The first-order chi connectivity index (χ1) is 7.77. The van der Waals surface area contributed by atoms with E-state index < -0.39 is 0 Å². The molecule has 0 aliphatic carbocycles. The lowest BCUT2D eigenvalue weighted by Crippen LogP contribution is -1.98. The Bertz CT molecular complexity index is 493. The number of para-hydroxylation sites is 1. The van der Waals surface area contributed by atoms with Crippen LogP contribution in [-0.4, -0.2) is 22.0 Å². The molecule has 0 spiro atoms. The monoisotopic (exact) mass is 238 g/mol. The Morgan fingerprint density at radius 1 is 1.44 bits per heavy atom. The summed E-state index contributed by atoms with van der Waals surface area (Å²) in [5, 5.41) is 0. The molecule has 0 bridgehead atoms. The summed E-state index contributed by atoms with van der Waals surface area (Å²) >= 11 is 5.75. The predicted octanol–water partition coefficient (Wildman–Crippen LogP) is 2.75. The zero-order chi connectivity index (χ0) is 11.5. The molecule has 1 aromatic carbocycles. The van der Waals surface area contributed by atoms with E-state index in [4.69, 9.17) is 16.3 Å². The minimum Gasteiger partial charge on any atom is -0.492 e. The second-order valence-corrected chi connectivity index (χ2v) is 3.96. The third-order valence-electron chi connectivity index (χ3n) is 2.59. The number of fused-ring (bicyclic) bond motifs is 1. The third-order valence-corrected chi connectivity index (χ3v) is 2.77. The fourth-order valence-electron chi connectivity index (χ4n) is 1.82. The second-order valence-electron chi connectivity index (χ2n) is 3.58. The zero-order valence-corrected chi connectivity index (χ0v) is 10.3. The Morgan fingerprint density at radius 2 is 2.25 bits per heavy atom. The maximum absolute atomic E-state index is 5.75. The van der Waals surface area contributed by atoms with Crippen LogP contribution < -0.4 is 4.74 Å². The van der Waals surface area contributed by atoms with E-state index in [9.17, 15) is 0 Å². The van der Waals surface area contributed by atoms with Gasteiger partial charge in [0.15, 0.2) is 0 Å². The highest BCUT2D eigenvalue weighted by molar-refractivity contribution is 6.17. The zero-order valence-electron chi connectivity index (χ0n) is 9.53. The molecular weight excluding hydrogens is 224 g/mol. The van der Waals surface area contributed by atoms with Crippen molar-refractivity contribution in [2.24, 2.45) is 7.05 Å². The van der Waals surface area contributed by atoms with Crippen LogP contribution in [0.3, 0.4) is 0 Å². The van der Waals surface area contributed by atoms with Gasteiger partial charge in [0.05, 0.1) is 12.1 Å². The fraction of sp³-hybridized carbons (Fsp3) is 0.417. The molecule has 0 saturated carbocycles. The molecule has 1 heterocycles. The summed E-state index contributed by atoms with van der Waals surface area (Å²) in [7, 11) is 2.01. The van der Waals surface area contributed by atoms with Crippen LogP contribution in [0.4, 0.5) is 0 Å². The molecule has 0 atom stereocenters.